The Hall–Kier alpha value is -1.77. The molecule has 1 saturated carbocycles. The van der Waals surface area contributed by atoms with E-state index >= 15 is 0 Å². The van der Waals surface area contributed by atoms with E-state index in [9.17, 15) is 0 Å². The van der Waals surface area contributed by atoms with E-state index in [2.05, 4.69) is 45.0 Å². The Labute approximate surface area is 120 Å². The lowest BCUT2D eigenvalue weighted by atomic mass is 10.0. The summed E-state index contributed by atoms with van der Waals surface area (Å²) in [5, 5.41) is 4.71. The van der Waals surface area contributed by atoms with Crippen molar-refractivity contribution < 1.29 is 0 Å². The quantitative estimate of drug-likeness (QED) is 0.902. The number of rotatable bonds is 4. The van der Waals surface area contributed by atoms with Crippen molar-refractivity contribution in [3.63, 3.8) is 0 Å². The second kappa shape index (κ2) is 4.97. The summed E-state index contributed by atoms with van der Waals surface area (Å²) in [6, 6.07) is 9.05. The van der Waals surface area contributed by atoms with Gasteiger partial charge in [-0.25, -0.2) is 0 Å². The van der Waals surface area contributed by atoms with E-state index in [0.29, 0.717) is 12.0 Å². The van der Waals surface area contributed by atoms with Crippen LogP contribution in [-0.2, 0) is 0 Å². The molecule has 1 unspecified atom stereocenters. The predicted octanol–water partition coefficient (Wildman–Crippen LogP) is 4.23. The maximum Gasteiger partial charge on any atom is 0.115 e. The van der Waals surface area contributed by atoms with Crippen molar-refractivity contribution in [1.82, 2.24) is 9.78 Å². The summed E-state index contributed by atoms with van der Waals surface area (Å²) in [6.07, 6.45) is 4.62. The molecule has 0 amide bonds. The molecule has 1 aliphatic rings. The van der Waals surface area contributed by atoms with Crippen molar-refractivity contribution in [2.45, 2.75) is 45.6 Å². The van der Waals surface area contributed by atoms with Crippen molar-refractivity contribution in [3.05, 3.63) is 36.0 Å². The highest BCUT2D eigenvalue weighted by Gasteiger charge is 2.30. The summed E-state index contributed by atoms with van der Waals surface area (Å²) >= 11 is 0. The van der Waals surface area contributed by atoms with Gasteiger partial charge in [0.25, 0.3) is 0 Å². The molecular weight excluding hydrogens is 246 g/mol. The van der Waals surface area contributed by atoms with Crippen molar-refractivity contribution in [1.29, 1.82) is 0 Å². The minimum atomic E-state index is 0.459. The summed E-state index contributed by atoms with van der Waals surface area (Å²) in [7, 11) is 0. The summed E-state index contributed by atoms with van der Waals surface area (Å²) in [4.78, 5) is 0. The van der Waals surface area contributed by atoms with Crippen molar-refractivity contribution in [3.8, 4) is 11.3 Å². The van der Waals surface area contributed by atoms with Crippen molar-refractivity contribution >= 4 is 5.69 Å². The molecule has 1 heterocycles. The summed E-state index contributed by atoms with van der Waals surface area (Å²) < 4.78 is 2.04. The van der Waals surface area contributed by atoms with E-state index < -0.39 is 0 Å². The summed E-state index contributed by atoms with van der Waals surface area (Å²) in [5.74, 6) is 1.33. The van der Waals surface area contributed by atoms with Crippen LogP contribution in [0.1, 0.15) is 51.1 Å². The fraction of sp³-hybridized carbons (Fsp3) is 0.471. The van der Waals surface area contributed by atoms with E-state index in [1.807, 2.05) is 10.9 Å². The first kappa shape index (κ1) is 13.2. The summed E-state index contributed by atoms with van der Waals surface area (Å²) in [5.41, 5.74) is 10.3. The minimum Gasteiger partial charge on any atom is -0.396 e. The highest BCUT2D eigenvalue weighted by Crippen LogP contribution is 2.40. The Morgan fingerprint density at radius 2 is 1.80 bits per heavy atom. The molecule has 20 heavy (non-hydrogen) atoms. The Bertz CT molecular complexity index is 591. The van der Waals surface area contributed by atoms with Crippen LogP contribution in [0.15, 0.2) is 30.5 Å². The van der Waals surface area contributed by atoms with Crippen LogP contribution in [0, 0.1) is 5.92 Å². The molecule has 0 bridgehead atoms. The van der Waals surface area contributed by atoms with Crippen molar-refractivity contribution in [2.24, 2.45) is 5.92 Å². The Morgan fingerprint density at radius 1 is 1.15 bits per heavy atom. The zero-order valence-electron chi connectivity index (χ0n) is 12.5. The number of aromatic nitrogens is 2. The molecule has 0 spiro atoms. The first-order valence-electron chi connectivity index (χ1n) is 7.51. The molecule has 1 aromatic heterocycles. The van der Waals surface area contributed by atoms with Gasteiger partial charge < -0.3 is 5.73 Å². The third-order valence-corrected chi connectivity index (χ3v) is 4.33. The lowest BCUT2D eigenvalue weighted by molar-refractivity contribution is 0.441. The maximum atomic E-state index is 6.15. The monoisotopic (exact) mass is 269 g/mol. The van der Waals surface area contributed by atoms with Crippen LogP contribution in [-0.4, -0.2) is 9.78 Å². The first-order chi connectivity index (χ1) is 9.56. The van der Waals surface area contributed by atoms with E-state index in [0.717, 1.165) is 22.9 Å². The maximum absolute atomic E-state index is 6.15. The van der Waals surface area contributed by atoms with E-state index in [1.165, 1.54) is 18.4 Å². The number of hydrogen-bond donors (Lipinski definition) is 1. The fourth-order valence-electron chi connectivity index (χ4n) is 2.66. The third kappa shape index (κ3) is 2.45. The number of hydrogen-bond acceptors (Lipinski definition) is 2. The fourth-order valence-corrected chi connectivity index (χ4v) is 2.66. The van der Waals surface area contributed by atoms with Gasteiger partial charge in [0.15, 0.2) is 0 Å². The van der Waals surface area contributed by atoms with Gasteiger partial charge in [0.05, 0.1) is 11.7 Å². The lowest BCUT2D eigenvalue weighted by Gasteiger charge is -2.10. The van der Waals surface area contributed by atoms with Gasteiger partial charge in [-0.15, -0.1) is 0 Å². The SMILES string of the molecule is CC(C)c1ccc(-c2nn(C(C)C3CC3)cc2N)cc1. The molecule has 1 atom stereocenters. The van der Waals surface area contributed by atoms with Crippen LogP contribution in [0.25, 0.3) is 11.3 Å². The first-order valence-corrected chi connectivity index (χ1v) is 7.51. The molecule has 2 N–H and O–H groups in total. The van der Waals surface area contributed by atoms with Crippen LogP contribution in [0.3, 0.4) is 0 Å². The number of anilines is 1. The molecule has 3 heteroatoms. The second-order valence-corrected chi connectivity index (χ2v) is 6.27. The lowest BCUT2D eigenvalue weighted by Crippen LogP contribution is -2.07. The molecular formula is C17H23N3. The standard InChI is InChI=1S/C17H23N3/c1-11(2)13-4-8-15(9-5-13)17-16(18)10-20(19-17)12(3)14-6-7-14/h4-5,8-12,14H,6-7,18H2,1-3H3. The average Bonchev–Trinajstić information content (AvgIpc) is 3.21. The molecule has 3 nitrogen and oxygen atoms in total. The highest BCUT2D eigenvalue weighted by atomic mass is 15.3. The number of nitrogens with zero attached hydrogens (tertiary/aromatic N) is 2. The number of nitrogens with two attached hydrogens (primary N) is 1. The molecule has 0 saturated heterocycles. The van der Waals surface area contributed by atoms with E-state index in [4.69, 9.17) is 10.8 Å². The smallest absolute Gasteiger partial charge is 0.115 e. The number of nitrogen functional groups attached to an aromatic ring is 1. The van der Waals surface area contributed by atoms with E-state index in [1.54, 1.807) is 0 Å². The Kier molecular flexibility index (Phi) is 3.28. The normalized spacial score (nSPS) is 16.6. The topological polar surface area (TPSA) is 43.8 Å². The highest BCUT2D eigenvalue weighted by molar-refractivity contribution is 5.72. The van der Waals surface area contributed by atoms with Gasteiger partial charge in [-0.2, -0.15) is 5.10 Å². The molecule has 3 rings (SSSR count). The van der Waals surface area contributed by atoms with Gasteiger partial charge in [-0.1, -0.05) is 38.1 Å². The number of benzene rings is 1. The van der Waals surface area contributed by atoms with Gasteiger partial charge in [-0.05, 0) is 37.2 Å². The largest absolute Gasteiger partial charge is 0.396 e. The van der Waals surface area contributed by atoms with Crippen LogP contribution in [0.5, 0.6) is 0 Å². The molecule has 1 fully saturated rings. The van der Waals surface area contributed by atoms with Crippen LogP contribution in [0.4, 0.5) is 5.69 Å². The molecule has 1 aliphatic carbocycles. The van der Waals surface area contributed by atoms with Crippen molar-refractivity contribution in [2.75, 3.05) is 5.73 Å². The van der Waals surface area contributed by atoms with Gasteiger partial charge in [0.1, 0.15) is 5.69 Å². The van der Waals surface area contributed by atoms with Gasteiger partial charge in [-0.3, -0.25) is 4.68 Å². The van der Waals surface area contributed by atoms with Gasteiger partial charge in [0, 0.05) is 11.8 Å². The van der Waals surface area contributed by atoms with Gasteiger partial charge >= 0.3 is 0 Å². The molecule has 106 valence electrons. The second-order valence-electron chi connectivity index (χ2n) is 6.27. The van der Waals surface area contributed by atoms with Crippen LogP contribution in [0.2, 0.25) is 0 Å². The predicted molar refractivity (Wildman–Crippen MR) is 83.6 cm³/mol. The third-order valence-electron chi connectivity index (χ3n) is 4.33. The van der Waals surface area contributed by atoms with Crippen LogP contribution < -0.4 is 5.73 Å². The Morgan fingerprint density at radius 3 is 2.35 bits per heavy atom. The summed E-state index contributed by atoms with van der Waals surface area (Å²) in [6.45, 7) is 6.64. The molecule has 0 radical (unpaired) electrons. The van der Waals surface area contributed by atoms with Gasteiger partial charge in [0.2, 0.25) is 0 Å². The molecule has 0 aliphatic heterocycles. The Balaban J connectivity index is 1.89. The minimum absolute atomic E-state index is 0.459. The molecule has 2 aromatic rings. The van der Waals surface area contributed by atoms with Crippen LogP contribution >= 0.6 is 0 Å². The average molecular weight is 269 g/mol. The van der Waals surface area contributed by atoms with E-state index in [-0.39, 0.29) is 0 Å². The zero-order valence-corrected chi connectivity index (χ0v) is 12.5. The zero-order chi connectivity index (χ0) is 14.3. The molecule has 1 aromatic carbocycles.